The number of allylic oxidation sites excluding steroid dienone is 5. The Morgan fingerprint density at radius 2 is 2.03 bits per heavy atom. The summed E-state index contributed by atoms with van der Waals surface area (Å²) in [4.78, 5) is 31.2. The first-order valence-electron chi connectivity index (χ1n) is 12.3. The third kappa shape index (κ3) is 5.72. The summed E-state index contributed by atoms with van der Waals surface area (Å²) in [6.07, 6.45) is 13.9. The molecule has 2 aliphatic heterocycles. The quantitative estimate of drug-likeness (QED) is 0.584. The molecule has 0 spiro atoms. The van der Waals surface area contributed by atoms with Crippen LogP contribution in [0.3, 0.4) is 0 Å². The van der Waals surface area contributed by atoms with Gasteiger partial charge in [0.1, 0.15) is 0 Å². The fraction of sp³-hybridized carbons (Fsp3) is 0.462. The van der Waals surface area contributed by atoms with Gasteiger partial charge in [0.15, 0.2) is 5.82 Å². The van der Waals surface area contributed by atoms with E-state index in [-0.39, 0.29) is 18.0 Å². The summed E-state index contributed by atoms with van der Waals surface area (Å²) in [5, 5.41) is 11.1. The molecular formula is C26H35N7O2. The lowest BCUT2D eigenvalue weighted by Gasteiger charge is -2.32. The minimum absolute atomic E-state index is 0.140. The summed E-state index contributed by atoms with van der Waals surface area (Å²) in [6, 6.07) is -0.247. The van der Waals surface area contributed by atoms with Crippen LogP contribution in [0.2, 0.25) is 0 Å². The van der Waals surface area contributed by atoms with Gasteiger partial charge in [-0.2, -0.15) is 5.10 Å². The van der Waals surface area contributed by atoms with E-state index in [1.165, 1.54) is 5.57 Å². The number of primary amides is 1. The van der Waals surface area contributed by atoms with Gasteiger partial charge in [0.05, 0.1) is 11.8 Å². The number of carbonyl (C=O) groups is 2. The number of piperidine rings is 1. The topological polar surface area (TPSA) is 118 Å². The second-order valence-corrected chi connectivity index (χ2v) is 9.37. The normalized spacial score (nSPS) is 20.5. The molecular weight excluding hydrogens is 442 g/mol. The third-order valence-corrected chi connectivity index (χ3v) is 6.92. The van der Waals surface area contributed by atoms with E-state index in [1.807, 2.05) is 30.0 Å². The lowest BCUT2D eigenvalue weighted by molar-refractivity contribution is -0.116. The van der Waals surface area contributed by atoms with Crippen molar-refractivity contribution in [2.45, 2.75) is 52.6 Å². The van der Waals surface area contributed by atoms with Crippen molar-refractivity contribution in [1.82, 2.24) is 25.3 Å². The van der Waals surface area contributed by atoms with E-state index in [9.17, 15) is 9.59 Å². The zero-order chi connectivity index (χ0) is 24.9. The molecule has 186 valence electrons. The van der Waals surface area contributed by atoms with Crippen molar-refractivity contribution in [3.63, 3.8) is 0 Å². The van der Waals surface area contributed by atoms with Gasteiger partial charge in [0, 0.05) is 56.1 Å². The van der Waals surface area contributed by atoms with Crippen molar-refractivity contribution in [1.29, 1.82) is 0 Å². The highest BCUT2D eigenvalue weighted by Gasteiger charge is 2.26. The average Bonchev–Trinajstić information content (AvgIpc) is 3.03. The monoisotopic (exact) mass is 477 g/mol. The number of urea groups is 1. The van der Waals surface area contributed by atoms with Gasteiger partial charge in [-0.1, -0.05) is 36.8 Å². The molecule has 1 aromatic rings. The number of aromatic nitrogens is 2. The van der Waals surface area contributed by atoms with Crippen molar-refractivity contribution in [2.24, 2.45) is 16.6 Å². The van der Waals surface area contributed by atoms with Crippen LogP contribution in [-0.4, -0.2) is 58.5 Å². The van der Waals surface area contributed by atoms with Crippen molar-refractivity contribution < 1.29 is 9.59 Å². The summed E-state index contributed by atoms with van der Waals surface area (Å²) in [5.41, 5.74) is 10.1. The molecule has 3 heterocycles. The van der Waals surface area contributed by atoms with Crippen LogP contribution in [0.15, 0.2) is 57.9 Å². The van der Waals surface area contributed by atoms with E-state index in [0.717, 1.165) is 35.5 Å². The number of aliphatic imine (C=N–C) groups is 1. The number of likely N-dealkylation sites (tertiary alicyclic amines) is 1. The summed E-state index contributed by atoms with van der Waals surface area (Å²) >= 11 is 0. The fourth-order valence-corrected chi connectivity index (χ4v) is 4.58. The van der Waals surface area contributed by atoms with Crippen LogP contribution in [0.4, 0.5) is 10.6 Å². The third-order valence-electron chi connectivity index (χ3n) is 6.92. The van der Waals surface area contributed by atoms with Gasteiger partial charge in [-0.25, -0.2) is 14.5 Å². The maximum atomic E-state index is 13.4. The Balaban J connectivity index is 1.54. The molecule has 4 N–H and O–H groups in total. The summed E-state index contributed by atoms with van der Waals surface area (Å²) < 4.78 is 1.84. The van der Waals surface area contributed by atoms with Crippen LogP contribution < -0.4 is 16.4 Å². The number of carbonyl (C=O) groups excluding carboxylic acids is 2. The molecule has 0 saturated carbocycles. The molecule has 1 fully saturated rings. The van der Waals surface area contributed by atoms with Gasteiger partial charge in [0.2, 0.25) is 0 Å². The van der Waals surface area contributed by atoms with Gasteiger partial charge >= 0.3 is 6.03 Å². The van der Waals surface area contributed by atoms with Crippen molar-refractivity contribution in [3.8, 4) is 0 Å². The van der Waals surface area contributed by atoms with Gasteiger partial charge in [-0.3, -0.25) is 4.79 Å². The number of nitrogens with two attached hydrogens (primary N) is 1. The molecule has 35 heavy (non-hydrogen) atoms. The molecule has 1 unspecified atom stereocenters. The Kier molecular flexibility index (Phi) is 7.53. The maximum absolute atomic E-state index is 13.4. The van der Waals surface area contributed by atoms with Crippen LogP contribution in [0.5, 0.6) is 0 Å². The predicted molar refractivity (Wildman–Crippen MR) is 137 cm³/mol. The molecule has 3 amide bonds. The van der Waals surface area contributed by atoms with Gasteiger partial charge < -0.3 is 21.3 Å². The van der Waals surface area contributed by atoms with Gasteiger partial charge in [-0.15, -0.1) is 0 Å². The Morgan fingerprint density at radius 3 is 2.74 bits per heavy atom. The van der Waals surface area contributed by atoms with E-state index >= 15 is 0 Å². The molecule has 1 aromatic heterocycles. The molecule has 0 bridgehead atoms. The van der Waals surface area contributed by atoms with Crippen molar-refractivity contribution in [3.05, 3.63) is 58.5 Å². The first-order chi connectivity index (χ1) is 16.9. The van der Waals surface area contributed by atoms with Crippen LogP contribution in [0.1, 0.15) is 39.2 Å². The number of nitrogens with one attached hydrogen (secondary N) is 2. The number of amides is 3. The maximum Gasteiger partial charge on any atom is 0.314 e. The first-order valence-corrected chi connectivity index (χ1v) is 12.3. The smallest absolute Gasteiger partial charge is 0.314 e. The molecule has 9 heteroatoms. The highest BCUT2D eigenvalue weighted by molar-refractivity contribution is 6.13. The highest BCUT2D eigenvalue weighted by atomic mass is 16.2. The van der Waals surface area contributed by atoms with Crippen LogP contribution in [-0.2, 0) is 17.8 Å². The zero-order valence-corrected chi connectivity index (χ0v) is 20.8. The van der Waals surface area contributed by atoms with Gasteiger partial charge in [-0.05, 0) is 38.2 Å². The van der Waals surface area contributed by atoms with Crippen LogP contribution in [0, 0.1) is 5.92 Å². The van der Waals surface area contributed by atoms with Crippen LogP contribution >= 0.6 is 0 Å². The molecule has 4 rings (SSSR count). The zero-order valence-electron chi connectivity index (χ0n) is 20.8. The largest absolute Gasteiger partial charge is 0.385 e. The summed E-state index contributed by atoms with van der Waals surface area (Å²) in [7, 11) is 0. The fourth-order valence-electron chi connectivity index (χ4n) is 4.58. The highest BCUT2D eigenvalue weighted by Crippen LogP contribution is 2.26. The molecule has 1 aliphatic carbocycles. The van der Waals surface area contributed by atoms with E-state index in [1.54, 1.807) is 11.1 Å². The molecule has 1 atom stereocenters. The van der Waals surface area contributed by atoms with Crippen molar-refractivity contribution >= 4 is 24.0 Å². The second kappa shape index (κ2) is 10.8. The molecule has 3 aliphatic rings. The predicted octanol–water partition coefficient (Wildman–Crippen LogP) is 2.74. The molecule has 0 radical (unpaired) electrons. The number of hydrogen-bond donors (Lipinski definition) is 3. The Hall–Kier alpha value is -3.62. The van der Waals surface area contributed by atoms with E-state index < -0.39 is 0 Å². The summed E-state index contributed by atoms with van der Waals surface area (Å²) in [6.45, 7) is 8.62. The van der Waals surface area contributed by atoms with E-state index in [0.29, 0.717) is 44.1 Å². The molecule has 1 saturated heterocycles. The van der Waals surface area contributed by atoms with Crippen molar-refractivity contribution in [2.75, 3.05) is 19.6 Å². The number of fused-ring (bicyclic) bond motifs is 1. The Labute approximate surface area is 206 Å². The van der Waals surface area contributed by atoms with E-state index in [2.05, 4.69) is 46.7 Å². The standard InChI is InChI=1S/C26H35N7O2/c1-4-33-24-20(15-30-33)13-23(31-21-8-10-32(11-9-21)26(27)35)22(16-28-24)25(34)29-14-19-7-5-6-17(2)18(3)12-19/h5-7,12,15-17,21,31H,4,8-11,13-14H2,1-3H3,(H2,27,35)(H,29,34). The number of hydrogen-bond acceptors (Lipinski definition) is 5. The molecule has 0 aromatic carbocycles. The minimum atomic E-state index is -0.387. The first kappa shape index (κ1) is 24.5. The lowest BCUT2D eigenvalue weighted by atomic mass is 10.0. The van der Waals surface area contributed by atoms with E-state index in [4.69, 9.17) is 5.73 Å². The Morgan fingerprint density at radius 1 is 1.26 bits per heavy atom. The van der Waals surface area contributed by atoms with Crippen LogP contribution in [0.25, 0.3) is 0 Å². The average molecular weight is 478 g/mol. The number of aryl methyl sites for hydroxylation is 1. The summed E-state index contributed by atoms with van der Waals surface area (Å²) in [5.74, 6) is 0.993. The second-order valence-electron chi connectivity index (χ2n) is 9.37. The number of nitrogens with zero attached hydrogens (tertiary/aromatic N) is 4. The SMILES string of the molecule is CCn1ncc2c1N=CC(C(=O)NCC1=CC=CC(C)C(C)=C1)=C(NC1CCN(C(N)=O)CC1)C2. The molecule has 9 nitrogen and oxygen atoms in total. The number of rotatable bonds is 6. The Bertz CT molecular complexity index is 1130. The minimum Gasteiger partial charge on any atom is -0.385 e. The van der Waals surface area contributed by atoms with Gasteiger partial charge in [0.25, 0.3) is 5.91 Å². The lowest BCUT2D eigenvalue weighted by Crippen LogP contribution is -2.47.